The first-order valence-corrected chi connectivity index (χ1v) is 12.1. The Hall–Kier alpha value is -3.29. The molecule has 2 amide bonds. The largest absolute Gasteiger partial charge is 0.480 e. The predicted octanol–water partition coefficient (Wildman–Crippen LogP) is 4.71. The fourth-order valence-corrected chi connectivity index (χ4v) is 4.14. The standard InChI is InChI=1S/C26H25ClN2O4S/c27-21-13-11-20(12-14-21)17-34-26(33)29-22(15-18-7-3-1-4-8-18)24(30)28-23(25(31)32)16-19-9-5-2-6-10-19/h1-14,22-23H,15-17H2,(H,28,30)(H,29,33)(H,31,32)/t22-,23-/m0/s1. The third-order valence-electron chi connectivity index (χ3n) is 5.07. The summed E-state index contributed by atoms with van der Waals surface area (Å²) in [7, 11) is 0. The van der Waals surface area contributed by atoms with Crippen LogP contribution in [-0.4, -0.2) is 34.3 Å². The van der Waals surface area contributed by atoms with Crippen molar-refractivity contribution in [3.63, 3.8) is 0 Å². The van der Waals surface area contributed by atoms with E-state index >= 15 is 0 Å². The fraction of sp³-hybridized carbons (Fsp3) is 0.192. The van der Waals surface area contributed by atoms with Crippen LogP contribution in [0.2, 0.25) is 5.02 Å². The zero-order valence-corrected chi connectivity index (χ0v) is 19.9. The van der Waals surface area contributed by atoms with E-state index in [2.05, 4.69) is 10.6 Å². The Balaban J connectivity index is 1.67. The molecule has 0 aliphatic carbocycles. The van der Waals surface area contributed by atoms with Crippen LogP contribution in [0.4, 0.5) is 4.79 Å². The molecule has 3 rings (SSSR count). The van der Waals surface area contributed by atoms with E-state index in [1.807, 2.05) is 60.7 Å². The number of benzene rings is 3. The molecule has 0 spiro atoms. The lowest BCUT2D eigenvalue weighted by atomic mass is 10.0. The summed E-state index contributed by atoms with van der Waals surface area (Å²) in [5.74, 6) is -1.28. The van der Waals surface area contributed by atoms with Crippen molar-refractivity contribution in [2.24, 2.45) is 0 Å². The molecule has 0 aromatic heterocycles. The van der Waals surface area contributed by atoms with Gasteiger partial charge in [-0.25, -0.2) is 4.79 Å². The van der Waals surface area contributed by atoms with E-state index in [4.69, 9.17) is 11.6 Å². The lowest BCUT2D eigenvalue weighted by Gasteiger charge is -2.21. The lowest BCUT2D eigenvalue weighted by Crippen LogP contribution is -2.52. The van der Waals surface area contributed by atoms with Crippen LogP contribution in [0.15, 0.2) is 84.9 Å². The van der Waals surface area contributed by atoms with E-state index in [0.29, 0.717) is 10.8 Å². The molecule has 3 aromatic carbocycles. The van der Waals surface area contributed by atoms with Gasteiger partial charge in [0.25, 0.3) is 5.24 Å². The van der Waals surface area contributed by atoms with Gasteiger partial charge in [0.1, 0.15) is 12.1 Å². The quantitative estimate of drug-likeness (QED) is 0.378. The van der Waals surface area contributed by atoms with Gasteiger partial charge in [-0.05, 0) is 28.8 Å². The van der Waals surface area contributed by atoms with Gasteiger partial charge in [0.2, 0.25) is 5.91 Å². The molecule has 0 radical (unpaired) electrons. The van der Waals surface area contributed by atoms with Crippen molar-refractivity contribution < 1.29 is 19.5 Å². The molecule has 34 heavy (non-hydrogen) atoms. The number of carbonyl (C=O) groups excluding carboxylic acids is 2. The number of hydrogen-bond acceptors (Lipinski definition) is 4. The summed E-state index contributed by atoms with van der Waals surface area (Å²) in [6.07, 6.45) is 0.372. The number of carboxylic acid groups (broad SMARTS) is 1. The van der Waals surface area contributed by atoms with Crippen LogP contribution in [-0.2, 0) is 28.2 Å². The summed E-state index contributed by atoms with van der Waals surface area (Å²) in [5, 5.41) is 15.2. The van der Waals surface area contributed by atoms with E-state index in [1.54, 1.807) is 24.3 Å². The first-order valence-electron chi connectivity index (χ1n) is 10.7. The monoisotopic (exact) mass is 496 g/mol. The van der Waals surface area contributed by atoms with E-state index in [-0.39, 0.29) is 18.1 Å². The maximum absolute atomic E-state index is 13.1. The van der Waals surface area contributed by atoms with Gasteiger partial charge in [-0.3, -0.25) is 9.59 Å². The highest BCUT2D eigenvalue weighted by Gasteiger charge is 2.27. The number of aliphatic carboxylic acids is 1. The molecule has 2 atom stereocenters. The van der Waals surface area contributed by atoms with Crippen LogP contribution in [0.1, 0.15) is 16.7 Å². The smallest absolute Gasteiger partial charge is 0.326 e. The van der Waals surface area contributed by atoms with Gasteiger partial charge in [0.15, 0.2) is 0 Å². The van der Waals surface area contributed by atoms with E-state index < -0.39 is 24.0 Å². The Kier molecular flexibility index (Phi) is 9.55. The van der Waals surface area contributed by atoms with Crippen LogP contribution < -0.4 is 10.6 Å². The highest BCUT2D eigenvalue weighted by Crippen LogP contribution is 2.17. The summed E-state index contributed by atoms with van der Waals surface area (Å²) >= 11 is 6.93. The van der Waals surface area contributed by atoms with Gasteiger partial charge >= 0.3 is 5.97 Å². The molecule has 0 saturated carbocycles. The molecule has 3 N–H and O–H groups in total. The van der Waals surface area contributed by atoms with Gasteiger partial charge in [0, 0.05) is 23.6 Å². The summed E-state index contributed by atoms with van der Waals surface area (Å²) in [4.78, 5) is 37.5. The number of hydrogen-bond donors (Lipinski definition) is 3. The van der Waals surface area contributed by atoms with Gasteiger partial charge in [0.05, 0.1) is 0 Å². The van der Waals surface area contributed by atoms with Crippen molar-refractivity contribution in [3.8, 4) is 0 Å². The van der Waals surface area contributed by atoms with Crippen molar-refractivity contribution >= 4 is 40.5 Å². The molecule has 0 aliphatic rings. The zero-order chi connectivity index (χ0) is 24.3. The van der Waals surface area contributed by atoms with E-state index in [0.717, 1.165) is 28.5 Å². The van der Waals surface area contributed by atoms with Gasteiger partial charge < -0.3 is 15.7 Å². The van der Waals surface area contributed by atoms with Crippen LogP contribution in [0.3, 0.4) is 0 Å². The van der Waals surface area contributed by atoms with Crippen LogP contribution >= 0.6 is 23.4 Å². The summed E-state index contributed by atoms with van der Waals surface area (Å²) < 4.78 is 0. The van der Waals surface area contributed by atoms with Crippen LogP contribution in [0.25, 0.3) is 0 Å². The number of thioether (sulfide) groups is 1. The minimum Gasteiger partial charge on any atom is -0.480 e. The molecule has 0 heterocycles. The second kappa shape index (κ2) is 12.8. The molecule has 0 bridgehead atoms. The van der Waals surface area contributed by atoms with Crippen molar-refractivity contribution in [3.05, 3.63) is 107 Å². The fourth-order valence-electron chi connectivity index (χ4n) is 3.29. The van der Waals surface area contributed by atoms with Crippen molar-refractivity contribution in [1.82, 2.24) is 10.6 Å². The Labute approximate surface area is 207 Å². The number of carbonyl (C=O) groups is 3. The van der Waals surface area contributed by atoms with E-state index in [1.165, 1.54) is 0 Å². The van der Waals surface area contributed by atoms with Crippen LogP contribution in [0.5, 0.6) is 0 Å². The highest BCUT2D eigenvalue weighted by molar-refractivity contribution is 8.12. The lowest BCUT2D eigenvalue weighted by molar-refractivity contribution is -0.142. The van der Waals surface area contributed by atoms with Crippen molar-refractivity contribution in [2.45, 2.75) is 30.7 Å². The molecule has 0 fully saturated rings. The molecule has 0 saturated heterocycles. The van der Waals surface area contributed by atoms with E-state index in [9.17, 15) is 19.5 Å². The summed E-state index contributed by atoms with van der Waals surface area (Å²) in [6.45, 7) is 0. The molecular weight excluding hydrogens is 472 g/mol. The first-order chi connectivity index (χ1) is 16.4. The minimum atomic E-state index is -1.14. The zero-order valence-electron chi connectivity index (χ0n) is 18.3. The topological polar surface area (TPSA) is 95.5 Å². The highest BCUT2D eigenvalue weighted by atomic mass is 35.5. The molecule has 8 heteroatoms. The molecule has 176 valence electrons. The second-order valence-electron chi connectivity index (χ2n) is 7.68. The Bertz CT molecular complexity index is 1090. The van der Waals surface area contributed by atoms with Gasteiger partial charge in [-0.15, -0.1) is 0 Å². The number of nitrogens with one attached hydrogen (secondary N) is 2. The third-order valence-corrected chi connectivity index (χ3v) is 6.18. The molecule has 3 aromatic rings. The van der Waals surface area contributed by atoms with Crippen molar-refractivity contribution in [2.75, 3.05) is 0 Å². The Morgan fingerprint density at radius 1 is 0.735 bits per heavy atom. The predicted molar refractivity (Wildman–Crippen MR) is 135 cm³/mol. The summed E-state index contributed by atoms with van der Waals surface area (Å²) in [5.41, 5.74) is 2.56. The normalized spacial score (nSPS) is 12.4. The van der Waals surface area contributed by atoms with Crippen molar-refractivity contribution in [1.29, 1.82) is 0 Å². The SMILES string of the molecule is O=C(N[C@@H](Cc1ccccc1)C(=O)N[C@@H](Cc1ccccc1)C(=O)O)SCc1ccc(Cl)cc1. The van der Waals surface area contributed by atoms with Gasteiger partial charge in [-0.1, -0.05) is 96.2 Å². The molecule has 6 nitrogen and oxygen atoms in total. The maximum Gasteiger partial charge on any atom is 0.326 e. The first kappa shape index (κ1) is 25.3. The Morgan fingerprint density at radius 2 is 1.26 bits per heavy atom. The third kappa shape index (κ3) is 8.24. The molecule has 0 aliphatic heterocycles. The maximum atomic E-state index is 13.1. The minimum absolute atomic E-state index is 0.138. The van der Waals surface area contributed by atoms with Gasteiger partial charge in [-0.2, -0.15) is 0 Å². The number of amides is 2. The second-order valence-corrected chi connectivity index (χ2v) is 9.06. The molecular formula is C26H25ClN2O4S. The molecule has 0 unspecified atom stereocenters. The number of halogens is 1. The number of rotatable bonds is 10. The Morgan fingerprint density at radius 3 is 1.79 bits per heavy atom. The summed E-state index contributed by atoms with van der Waals surface area (Å²) in [6, 6.07) is 23.4. The number of carboxylic acids is 1. The average Bonchev–Trinajstić information content (AvgIpc) is 2.84. The van der Waals surface area contributed by atoms with Crippen LogP contribution in [0, 0.1) is 0 Å². The average molecular weight is 497 g/mol.